The Morgan fingerprint density at radius 3 is 2.05 bits per heavy atom. The van der Waals surface area contributed by atoms with Gasteiger partial charge in [-0.2, -0.15) is 0 Å². The van der Waals surface area contributed by atoms with Crippen molar-refractivity contribution in [1.82, 2.24) is 0 Å². The van der Waals surface area contributed by atoms with Gasteiger partial charge in [0, 0.05) is 17.2 Å². The van der Waals surface area contributed by atoms with Crippen LogP contribution in [0.4, 0.5) is 0 Å². The zero-order valence-corrected chi connectivity index (χ0v) is 12.7. The summed E-state index contributed by atoms with van der Waals surface area (Å²) in [5.41, 5.74) is 0. The topological polar surface area (TPSA) is 17.1 Å². The van der Waals surface area contributed by atoms with Crippen LogP contribution in [0.5, 0.6) is 0 Å². The van der Waals surface area contributed by atoms with Gasteiger partial charge >= 0.3 is 0 Å². The molecule has 1 heterocycles. The molecule has 0 atom stereocenters. The zero-order valence-electron chi connectivity index (χ0n) is 11.9. The van der Waals surface area contributed by atoms with Crippen molar-refractivity contribution in [2.24, 2.45) is 5.92 Å². The normalized spacial score (nSPS) is 19.8. The highest BCUT2D eigenvalue weighted by atomic mass is 32.1. The lowest BCUT2D eigenvalue weighted by Crippen LogP contribution is -2.12. The second kappa shape index (κ2) is 8.52. The van der Waals surface area contributed by atoms with Crippen molar-refractivity contribution in [3.63, 3.8) is 0 Å². The summed E-state index contributed by atoms with van der Waals surface area (Å²) in [6.07, 6.45) is 14.4. The van der Waals surface area contributed by atoms with E-state index in [-0.39, 0.29) is 0 Å². The third kappa shape index (κ3) is 5.48. The molecule has 1 aromatic rings. The van der Waals surface area contributed by atoms with E-state index < -0.39 is 0 Å². The molecule has 106 valence electrons. The van der Waals surface area contributed by atoms with Crippen LogP contribution in [0.3, 0.4) is 0 Å². The molecule has 2 heteroatoms. The number of ketones is 1. The Morgan fingerprint density at radius 2 is 1.58 bits per heavy atom. The summed E-state index contributed by atoms with van der Waals surface area (Å²) in [6.45, 7) is 0. The van der Waals surface area contributed by atoms with E-state index in [0.717, 1.165) is 12.8 Å². The second-order valence-electron chi connectivity index (χ2n) is 5.83. The van der Waals surface area contributed by atoms with E-state index in [1.54, 1.807) is 11.3 Å². The Bertz CT molecular complexity index is 334. The fourth-order valence-electron chi connectivity index (χ4n) is 3.04. The molecule has 3 rings (SSSR count). The monoisotopic (exact) mass is 278 g/mol. The van der Waals surface area contributed by atoms with Crippen LogP contribution in [0.25, 0.3) is 0 Å². The number of hydrogen-bond acceptors (Lipinski definition) is 2. The number of rotatable bonds is 3. The molecule has 0 unspecified atom stereocenters. The number of Topliss-reactive ketones (excluding diaryl/α,β-unsaturated/α-hetero) is 1. The van der Waals surface area contributed by atoms with Gasteiger partial charge in [0.25, 0.3) is 0 Å². The van der Waals surface area contributed by atoms with Crippen LogP contribution < -0.4 is 0 Å². The van der Waals surface area contributed by atoms with Crippen LogP contribution in [0.15, 0.2) is 17.5 Å². The molecule has 0 aromatic carbocycles. The van der Waals surface area contributed by atoms with Crippen LogP contribution in [-0.4, -0.2) is 5.78 Å². The highest BCUT2D eigenvalue weighted by Gasteiger charge is 2.22. The van der Waals surface area contributed by atoms with Gasteiger partial charge in [-0.1, -0.05) is 57.4 Å². The minimum Gasteiger partial charge on any atom is -0.299 e. The van der Waals surface area contributed by atoms with Crippen molar-refractivity contribution in [3.8, 4) is 0 Å². The van der Waals surface area contributed by atoms with E-state index in [4.69, 9.17) is 0 Å². The second-order valence-corrected chi connectivity index (χ2v) is 6.86. The largest absolute Gasteiger partial charge is 0.299 e. The van der Waals surface area contributed by atoms with Crippen molar-refractivity contribution in [2.45, 2.75) is 70.6 Å². The first-order chi connectivity index (χ1) is 9.36. The molecular formula is C17H26OS. The molecule has 0 amide bonds. The van der Waals surface area contributed by atoms with E-state index in [1.165, 1.54) is 56.2 Å². The summed E-state index contributed by atoms with van der Waals surface area (Å²) in [5.74, 6) is 0.835. The molecule has 0 N–H and O–H groups in total. The molecule has 0 spiro atoms. The van der Waals surface area contributed by atoms with Crippen molar-refractivity contribution in [3.05, 3.63) is 22.4 Å². The quantitative estimate of drug-likeness (QED) is 0.724. The Balaban J connectivity index is 0.000000186. The van der Waals surface area contributed by atoms with Crippen molar-refractivity contribution in [2.75, 3.05) is 0 Å². The third-order valence-electron chi connectivity index (χ3n) is 4.24. The van der Waals surface area contributed by atoms with E-state index in [2.05, 4.69) is 6.07 Å². The van der Waals surface area contributed by atoms with E-state index in [1.807, 2.05) is 11.4 Å². The summed E-state index contributed by atoms with van der Waals surface area (Å²) < 4.78 is 0. The van der Waals surface area contributed by atoms with Gasteiger partial charge in [-0.15, -0.1) is 11.3 Å². The van der Waals surface area contributed by atoms with Gasteiger partial charge in [-0.25, -0.2) is 0 Å². The molecule has 2 aliphatic carbocycles. The molecule has 1 aromatic heterocycles. The minimum absolute atomic E-state index is 0.377. The summed E-state index contributed by atoms with van der Waals surface area (Å²) in [7, 11) is 0. The van der Waals surface area contributed by atoms with Crippen molar-refractivity contribution < 1.29 is 4.79 Å². The Morgan fingerprint density at radius 1 is 1.00 bits per heavy atom. The molecule has 0 saturated heterocycles. The Kier molecular flexibility index (Phi) is 6.63. The van der Waals surface area contributed by atoms with Crippen LogP contribution in [0, 0.1) is 5.92 Å². The van der Waals surface area contributed by atoms with Gasteiger partial charge in [-0.05, 0) is 24.3 Å². The van der Waals surface area contributed by atoms with Crippen LogP contribution in [0.1, 0.15) is 69.1 Å². The fourth-order valence-corrected chi connectivity index (χ4v) is 3.75. The summed E-state index contributed by atoms with van der Waals surface area (Å²) in [5, 5.41) is 2.04. The predicted molar refractivity (Wildman–Crippen MR) is 82.7 cm³/mol. The van der Waals surface area contributed by atoms with Gasteiger partial charge in [0.2, 0.25) is 0 Å². The van der Waals surface area contributed by atoms with Crippen molar-refractivity contribution in [1.29, 1.82) is 0 Å². The fraction of sp³-hybridized carbons (Fsp3) is 0.706. The van der Waals surface area contributed by atoms with E-state index in [9.17, 15) is 4.79 Å². The molecule has 1 nitrogen and oxygen atoms in total. The van der Waals surface area contributed by atoms with Gasteiger partial charge in [0.15, 0.2) is 0 Å². The molecule has 0 radical (unpaired) electrons. The molecular weight excluding hydrogens is 252 g/mol. The summed E-state index contributed by atoms with van der Waals surface area (Å²) >= 11 is 1.69. The number of carbonyl (C=O) groups is 1. The maximum absolute atomic E-state index is 11.7. The van der Waals surface area contributed by atoms with Gasteiger partial charge in [0.05, 0.1) is 0 Å². The average Bonchev–Trinajstić information content (AvgIpc) is 3.14. The summed E-state index contributed by atoms with van der Waals surface area (Å²) in [6, 6.07) is 4.07. The van der Waals surface area contributed by atoms with E-state index in [0.29, 0.717) is 18.1 Å². The Labute approximate surface area is 121 Å². The highest BCUT2D eigenvalue weighted by Crippen LogP contribution is 2.27. The van der Waals surface area contributed by atoms with Crippen molar-refractivity contribution >= 4 is 17.1 Å². The molecule has 2 saturated carbocycles. The van der Waals surface area contributed by atoms with E-state index >= 15 is 0 Å². The van der Waals surface area contributed by atoms with Gasteiger partial charge in [0.1, 0.15) is 5.78 Å². The average molecular weight is 278 g/mol. The maximum Gasteiger partial charge on any atom is 0.141 e. The van der Waals surface area contributed by atoms with Crippen LogP contribution >= 0.6 is 11.3 Å². The first-order valence-corrected chi connectivity index (χ1v) is 8.79. The molecule has 2 aliphatic rings. The number of hydrogen-bond donors (Lipinski definition) is 0. The number of carbonyl (C=O) groups excluding carboxylic acids is 1. The Hall–Kier alpha value is -0.630. The van der Waals surface area contributed by atoms with Gasteiger partial charge < -0.3 is 0 Å². The lowest BCUT2D eigenvalue weighted by Gasteiger charge is -2.05. The third-order valence-corrected chi connectivity index (χ3v) is 5.12. The molecule has 0 bridgehead atoms. The minimum atomic E-state index is 0.377. The van der Waals surface area contributed by atoms with Crippen LogP contribution in [0.2, 0.25) is 0 Å². The molecule has 0 aliphatic heterocycles. The highest BCUT2D eigenvalue weighted by molar-refractivity contribution is 7.10. The molecule has 2 fully saturated rings. The standard InChI is InChI=1S/C11H14OS.C6H12/c12-11(9-4-1-2-5-9)8-10-6-3-7-13-10;1-2-4-6-5-3-1/h3,6-7,9H,1-2,4-5,8H2;1-6H2. The van der Waals surface area contributed by atoms with Gasteiger partial charge in [-0.3, -0.25) is 4.79 Å². The lowest BCUT2D eigenvalue weighted by atomic mass is 10.00. The first-order valence-electron chi connectivity index (χ1n) is 7.91. The maximum atomic E-state index is 11.7. The first kappa shape index (κ1) is 14.8. The molecule has 19 heavy (non-hydrogen) atoms. The zero-order chi connectivity index (χ0) is 13.3. The smallest absolute Gasteiger partial charge is 0.141 e. The predicted octanol–water partition coefficient (Wildman–Crippen LogP) is 5.39. The number of thiophene rings is 1. The lowest BCUT2D eigenvalue weighted by molar-refractivity contribution is -0.121. The SMILES string of the molecule is C1CCCCC1.O=C(Cc1cccs1)C1CCCC1. The van der Waals surface area contributed by atoms with Crippen LogP contribution in [-0.2, 0) is 11.2 Å². The summed E-state index contributed by atoms with van der Waals surface area (Å²) in [4.78, 5) is 12.9.